The third-order valence-corrected chi connectivity index (χ3v) is 2.00. The summed E-state index contributed by atoms with van der Waals surface area (Å²) in [5.74, 6) is -0.391. The first kappa shape index (κ1) is 11.1. The topological polar surface area (TPSA) is 29.5 Å². The minimum absolute atomic E-state index is 0.298. The normalized spacial score (nSPS) is 11.8. The molecule has 0 aromatic heterocycles. The molecule has 0 aliphatic rings. The van der Waals surface area contributed by atoms with Crippen LogP contribution in [0.25, 0.3) is 0 Å². The maximum absolute atomic E-state index is 13.3. The Bertz CT molecular complexity index is 316. The number of ether oxygens (including phenoxy) is 1. The highest BCUT2D eigenvalue weighted by Crippen LogP contribution is 2.23. The van der Waals surface area contributed by atoms with E-state index in [1.54, 1.807) is 33.1 Å². The summed E-state index contributed by atoms with van der Waals surface area (Å²) < 4.78 is 18.2. The van der Waals surface area contributed by atoms with Crippen molar-refractivity contribution >= 4 is 0 Å². The van der Waals surface area contributed by atoms with E-state index in [2.05, 4.69) is 0 Å². The fourth-order valence-corrected chi connectivity index (χ4v) is 1.30. The minimum atomic E-state index is -1.16. The highest BCUT2D eigenvalue weighted by atomic mass is 19.1. The van der Waals surface area contributed by atoms with Crippen LogP contribution in [0.4, 0.5) is 4.39 Å². The summed E-state index contributed by atoms with van der Waals surface area (Å²) in [6.45, 7) is 3.54. The van der Waals surface area contributed by atoms with Crippen LogP contribution in [0.5, 0.6) is 0 Å². The molecule has 0 aliphatic carbocycles. The second kappa shape index (κ2) is 4.07. The zero-order valence-electron chi connectivity index (χ0n) is 8.67. The Labute approximate surface area is 83.3 Å². The van der Waals surface area contributed by atoms with E-state index >= 15 is 0 Å². The van der Waals surface area contributed by atoms with E-state index in [1.165, 1.54) is 6.07 Å². The zero-order chi connectivity index (χ0) is 10.8. The lowest BCUT2D eigenvalue weighted by Gasteiger charge is -2.19. The van der Waals surface area contributed by atoms with Gasteiger partial charge < -0.3 is 9.84 Å². The molecule has 0 saturated carbocycles. The third kappa shape index (κ3) is 2.53. The molecule has 0 fully saturated rings. The quantitative estimate of drug-likeness (QED) is 0.806. The van der Waals surface area contributed by atoms with Crippen molar-refractivity contribution in [3.8, 4) is 0 Å². The number of halogens is 1. The predicted octanol–water partition coefficient (Wildman–Crippen LogP) is 2.20. The molecule has 2 nitrogen and oxygen atoms in total. The first-order chi connectivity index (χ1) is 6.45. The molecular formula is C11H15FO2. The number of hydrogen-bond acceptors (Lipinski definition) is 2. The van der Waals surface area contributed by atoms with Gasteiger partial charge in [0.05, 0.1) is 12.2 Å². The average molecular weight is 198 g/mol. The van der Waals surface area contributed by atoms with Crippen molar-refractivity contribution in [3.63, 3.8) is 0 Å². The summed E-state index contributed by atoms with van der Waals surface area (Å²) in [6.07, 6.45) is 0. The van der Waals surface area contributed by atoms with Gasteiger partial charge in [0.2, 0.25) is 0 Å². The summed E-state index contributed by atoms with van der Waals surface area (Å²) in [5, 5.41) is 9.68. The number of hydrogen-bond donors (Lipinski definition) is 1. The minimum Gasteiger partial charge on any atom is -0.386 e. The van der Waals surface area contributed by atoms with Crippen molar-refractivity contribution < 1.29 is 14.2 Å². The molecule has 0 aliphatic heterocycles. The molecule has 0 radical (unpaired) electrons. The van der Waals surface area contributed by atoms with Crippen LogP contribution in [-0.2, 0) is 16.9 Å². The van der Waals surface area contributed by atoms with E-state index < -0.39 is 11.4 Å². The second-order valence-corrected chi connectivity index (χ2v) is 3.81. The van der Waals surface area contributed by atoms with Crippen LogP contribution in [0.15, 0.2) is 18.2 Å². The van der Waals surface area contributed by atoms with Gasteiger partial charge in [-0.2, -0.15) is 0 Å². The van der Waals surface area contributed by atoms with Crippen LogP contribution in [0.1, 0.15) is 25.0 Å². The number of aliphatic hydroxyl groups is 1. The Hall–Kier alpha value is -0.930. The molecule has 0 amide bonds. The Morgan fingerprint density at radius 3 is 2.57 bits per heavy atom. The molecule has 14 heavy (non-hydrogen) atoms. The van der Waals surface area contributed by atoms with Crippen molar-refractivity contribution in [2.45, 2.75) is 26.1 Å². The zero-order valence-corrected chi connectivity index (χ0v) is 8.67. The van der Waals surface area contributed by atoms with Gasteiger partial charge in [0, 0.05) is 12.7 Å². The molecule has 0 atom stereocenters. The molecule has 1 N–H and O–H groups in total. The summed E-state index contributed by atoms with van der Waals surface area (Å²) >= 11 is 0. The third-order valence-electron chi connectivity index (χ3n) is 2.00. The van der Waals surface area contributed by atoms with Gasteiger partial charge in [-0.3, -0.25) is 0 Å². The lowest BCUT2D eigenvalue weighted by atomic mass is 9.96. The van der Waals surface area contributed by atoms with Crippen LogP contribution in [0.2, 0.25) is 0 Å². The largest absolute Gasteiger partial charge is 0.386 e. The van der Waals surface area contributed by atoms with Crippen LogP contribution < -0.4 is 0 Å². The first-order valence-electron chi connectivity index (χ1n) is 4.45. The lowest BCUT2D eigenvalue weighted by Crippen LogP contribution is -2.18. The van der Waals surface area contributed by atoms with Crippen molar-refractivity contribution in [2.75, 3.05) is 7.11 Å². The van der Waals surface area contributed by atoms with Gasteiger partial charge in [0.25, 0.3) is 0 Å². The van der Waals surface area contributed by atoms with Crippen LogP contribution >= 0.6 is 0 Å². The molecular weight excluding hydrogens is 183 g/mol. The molecule has 0 bridgehead atoms. The standard InChI is InChI=1S/C11H15FO2/c1-11(2,13)9-6-8(7-14-3)4-5-10(9)12/h4-6,13H,7H2,1-3H3. The average Bonchev–Trinajstić information content (AvgIpc) is 2.07. The van der Waals surface area contributed by atoms with Crippen LogP contribution in [-0.4, -0.2) is 12.2 Å². The first-order valence-corrected chi connectivity index (χ1v) is 4.45. The predicted molar refractivity (Wildman–Crippen MR) is 52.4 cm³/mol. The molecule has 0 spiro atoms. The molecule has 1 aromatic carbocycles. The summed E-state index contributed by atoms with van der Waals surface area (Å²) in [7, 11) is 1.58. The molecule has 1 aromatic rings. The monoisotopic (exact) mass is 198 g/mol. The van der Waals surface area contributed by atoms with E-state index in [0.29, 0.717) is 12.2 Å². The van der Waals surface area contributed by atoms with Crippen molar-refractivity contribution in [1.82, 2.24) is 0 Å². The lowest BCUT2D eigenvalue weighted by molar-refractivity contribution is 0.0742. The second-order valence-electron chi connectivity index (χ2n) is 3.81. The van der Waals surface area contributed by atoms with Crippen molar-refractivity contribution in [2.24, 2.45) is 0 Å². The summed E-state index contributed by atoms with van der Waals surface area (Å²) in [6, 6.07) is 4.62. The van der Waals surface area contributed by atoms with Crippen molar-refractivity contribution in [1.29, 1.82) is 0 Å². The van der Waals surface area contributed by atoms with E-state index in [1.807, 2.05) is 0 Å². The molecule has 1 rings (SSSR count). The van der Waals surface area contributed by atoms with Crippen molar-refractivity contribution in [3.05, 3.63) is 35.1 Å². The van der Waals surface area contributed by atoms with Gasteiger partial charge in [-0.15, -0.1) is 0 Å². The fourth-order valence-electron chi connectivity index (χ4n) is 1.30. The van der Waals surface area contributed by atoms with Crippen LogP contribution in [0, 0.1) is 5.82 Å². The molecule has 0 saturated heterocycles. The molecule has 0 unspecified atom stereocenters. The Morgan fingerprint density at radius 2 is 2.07 bits per heavy atom. The maximum Gasteiger partial charge on any atom is 0.129 e. The fraction of sp³-hybridized carbons (Fsp3) is 0.455. The van der Waals surface area contributed by atoms with E-state index in [-0.39, 0.29) is 0 Å². The van der Waals surface area contributed by atoms with E-state index in [0.717, 1.165) is 5.56 Å². The summed E-state index contributed by atoms with van der Waals surface area (Å²) in [5.41, 5.74) is -0.00790. The van der Waals surface area contributed by atoms with Gasteiger partial charge in [-0.25, -0.2) is 4.39 Å². The number of benzene rings is 1. The Balaban J connectivity index is 3.09. The number of rotatable bonds is 3. The maximum atomic E-state index is 13.3. The summed E-state index contributed by atoms with van der Waals surface area (Å²) in [4.78, 5) is 0. The molecule has 3 heteroatoms. The smallest absolute Gasteiger partial charge is 0.129 e. The SMILES string of the molecule is COCc1ccc(F)c(C(C)(C)O)c1. The highest BCUT2D eigenvalue weighted by molar-refractivity contribution is 5.28. The highest BCUT2D eigenvalue weighted by Gasteiger charge is 2.20. The van der Waals surface area contributed by atoms with Gasteiger partial charge >= 0.3 is 0 Å². The van der Waals surface area contributed by atoms with Crippen LogP contribution in [0.3, 0.4) is 0 Å². The Morgan fingerprint density at radius 1 is 1.43 bits per heavy atom. The van der Waals surface area contributed by atoms with Gasteiger partial charge in [-0.1, -0.05) is 6.07 Å². The number of methoxy groups -OCH3 is 1. The van der Waals surface area contributed by atoms with E-state index in [4.69, 9.17) is 4.74 Å². The molecule has 0 heterocycles. The van der Waals surface area contributed by atoms with Gasteiger partial charge in [0.1, 0.15) is 5.82 Å². The molecule has 78 valence electrons. The van der Waals surface area contributed by atoms with Gasteiger partial charge in [0.15, 0.2) is 0 Å². The van der Waals surface area contributed by atoms with Gasteiger partial charge in [-0.05, 0) is 31.5 Å². The van der Waals surface area contributed by atoms with E-state index in [9.17, 15) is 9.50 Å². The Kier molecular flexibility index (Phi) is 3.24.